The van der Waals surface area contributed by atoms with E-state index in [0.717, 1.165) is 32.1 Å². The van der Waals surface area contributed by atoms with Crippen LogP contribution in [-0.4, -0.2) is 40.1 Å². The van der Waals surface area contributed by atoms with Crippen molar-refractivity contribution in [2.75, 3.05) is 0 Å². The standard InChI is InChI=1S/C15H24N2O3/c1-9-6-11(7-9)16-15(20)17-12-5-3-2-4-10(12)8-13(17)14(18)19/h9-13H,2-8H2,1H3,(H,16,20)(H,18,19). The van der Waals surface area contributed by atoms with E-state index in [2.05, 4.69) is 12.2 Å². The second kappa shape index (κ2) is 5.26. The van der Waals surface area contributed by atoms with Gasteiger partial charge in [0.15, 0.2) is 0 Å². The summed E-state index contributed by atoms with van der Waals surface area (Å²) >= 11 is 0. The molecule has 3 rings (SSSR count). The lowest BCUT2D eigenvalue weighted by Crippen LogP contribution is -2.55. The number of hydrogen-bond donors (Lipinski definition) is 2. The minimum atomic E-state index is -0.850. The quantitative estimate of drug-likeness (QED) is 0.814. The van der Waals surface area contributed by atoms with Gasteiger partial charge in [0.05, 0.1) is 0 Å². The maximum atomic E-state index is 12.5. The van der Waals surface area contributed by atoms with Crippen molar-refractivity contribution in [2.24, 2.45) is 11.8 Å². The predicted molar refractivity (Wildman–Crippen MR) is 74.3 cm³/mol. The molecule has 1 aliphatic heterocycles. The lowest BCUT2D eigenvalue weighted by molar-refractivity contribution is -0.141. The van der Waals surface area contributed by atoms with Gasteiger partial charge < -0.3 is 15.3 Å². The summed E-state index contributed by atoms with van der Waals surface area (Å²) in [6, 6.07) is -0.388. The second-order valence-corrected chi connectivity index (χ2v) is 6.83. The van der Waals surface area contributed by atoms with Crippen LogP contribution in [0.5, 0.6) is 0 Å². The molecule has 3 atom stereocenters. The van der Waals surface area contributed by atoms with Crippen LogP contribution in [-0.2, 0) is 4.79 Å². The summed E-state index contributed by atoms with van der Waals surface area (Å²) in [4.78, 5) is 25.6. The second-order valence-electron chi connectivity index (χ2n) is 6.83. The van der Waals surface area contributed by atoms with Crippen LogP contribution in [0.1, 0.15) is 51.9 Å². The number of carboxylic acids is 1. The number of nitrogens with zero attached hydrogens (tertiary/aromatic N) is 1. The topological polar surface area (TPSA) is 69.6 Å². The van der Waals surface area contributed by atoms with Gasteiger partial charge in [-0.2, -0.15) is 0 Å². The van der Waals surface area contributed by atoms with Crippen LogP contribution in [0.4, 0.5) is 4.79 Å². The number of fused-ring (bicyclic) bond motifs is 1. The molecule has 2 aliphatic carbocycles. The average Bonchev–Trinajstić information content (AvgIpc) is 2.76. The average molecular weight is 280 g/mol. The molecule has 20 heavy (non-hydrogen) atoms. The zero-order valence-corrected chi connectivity index (χ0v) is 12.0. The zero-order valence-electron chi connectivity index (χ0n) is 12.0. The van der Waals surface area contributed by atoms with Crippen molar-refractivity contribution in [2.45, 2.75) is 70.0 Å². The number of likely N-dealkylation sites (tertiary alicyclic amines) is 1. The van der Waals surface area contributed by atoms with Crippen LogP contribution in [0, 0.1) is 11.8 Å². The highest BCUT2D eigenvalue weighted by Crippen LogP contribution is 2.40. The Morgan fingerprint density at radius 1 is 1.15 bits per heavy atom. The number of carboxylic acid groups (broad SMARTS) is 1. The van der Waals surface area contributed by atoms with Gasteiger partial charge in [0, 0.05) is 12.1 Å². The van der Waals surface area contributed by atoms with Crippen molar-refractivity contribution in [3.63, 3.8) is 0 Å². The fraction of sp³-hybridized carbons (Fsp3) is 0.867. The number of rotatable bonds is 2. The van der Waals surface area contributed by atoms with Crippen LogP contribution < -0.4 is 5.32 Å². The predicted octanol–water partition coefficient (Wildman–Crippen LogP) is 2.21. The van der Waals surface area contributed by atoms with Gasteiger partial charge in [-0.15, -0.1) is 0 Å². The summed E-state index contributed by atoms with van der Waals surface area (Å²) in [5, 5.41) is 12.4. The maximum Gasteiger partial charge on any atom is 0.326 e. The van der Waals surface area contributed by atoms with E-state index in [4.69, 9.17) is 0 Å². The molecule has 5 nitrogen and oxygen atoms in total. The third-order valence-corrected chi connectivity index (χ3v) is 5.31. The summed E-state index contributed by atoms with van der Waals surface area (Å²) < 4.78 is 0. The Morgan fingerprint density at radius 3 is 2.50 bits per heavy atom. The lowest BCUT2D eigenvalue weighted by Gasteiger charge is -2.38. The number of amides is 2. The third kappa shape index (κ3) is 2.38. The molecule has 0 aromatic carbocycles. The van der Waals surface area contributed by atoms with E-state index in [9.17, 15) is 14.7 Å². The molecular formula is C15H24N2O3. The number of hydrogen-bond acceptors (Lipinski definition) is 2. The van der Waals surface area contributed by atoms with Gasteiger partial charge in [-0.3, -0.25) is 0 Å². The Hall–Kier alpha value is -1.26. The molecule has 3 fully saturated rings. The van der Waals surface area contributed by atoms with E-state index in [-0.39, 0.29) is 18.1 Å². The SMILES string of the molecule is CC1CC(NC(=O)N2C(C(=O)O)CC3CCCCC32)C1. The van der Waals surface area contributed by atoms with Crippen molar-refractivity contribution in [1.29, 1.82) is 0 Å². The first-order valence-electron chi connectivity index (χ1n) is 7.88. The van der Waals surface area contributed by atoms with Crippen molar-refractivity contribution in [3.8, 4) is 0 Å². The van der Waals surface area contributed by atoms with Gasteiger partial charge in [-0.1, -0.05) is 19.8 Å². The van der Waals surface area contributed by atoms with Crippen molar-refractivity contribution in [1.82, 2.24) is 10.2 Å². The first-order valence-corrected chi connectivity index (χ1v) is 7.88. The molecule has 2 saturated carbocycles. The molecule has 1 saturated heterocycles. The smallest absolute Gasteiger partial charge is 0.326 e. The molecule has 0 aromatic heterocycles. The van der Waals surface area contributed by atoms with Crippen LogP contribution in [0.25, 0.3) is 0 Å². The molecule has 2 amide bonds. The number of urea groups is 1. The molecule has 1 heterocycles. The van der Waals surface area contributed by atoms with Gasteiger partial charge in [0.1, 0.15) is 6.04 Å². The van der Waals surface area contributed by atoms with E-state index in [1.54, 1.807) is 4.90 Å². The summed E-state index contributed by atoms with van der Waals surface area (Å²) in [5.74, 6) is 0.212. The highest BCUT2D eigenvalue weighted by molar-refractivity contribution is 5.84. The summed E-state index contributed by atoms with van der Waals surface area (Å²) in [5.41, 5.74) is 0. The summed E-state index contributed by atoms with van der Waals surface area (Å²) in [6.07, 6.45) is 6.98. The Morgan fingerprint density at radius 2 is 1.85 bits per heavy atom. The normalized spacial score (nSPS) is 39.9. The third-order valence-electron chi connectivity index (χ3n) is 5.31. The fourth-order valence-electron chi connectivity index (χ4n) is 4.24. The van der Waals surface area contributed by atoms with Crippen LogP contribution in [0.2, 0.25) is 0 Å². The van der Waals surface area contributed by atoms with Crippen LogP contribution in [0.15, 0.2) is 0 Å². The van der Waals surface area contributed by atoms with Gasteiger partial charge in [-0.05, 0) is 43.9 Å². The van der Waals surface area contributed by atoms with E-state index in [1.807, 2.05) is 0 Å². The molecule has 2 N–H and O–H groups in total. The first-order chi connectivity index (χ1) is 9.56. The highest BCUT2D eigenvalue weighted by atomic mass is 16.4. The molecule has 0 aromatic rings. The minimum Gasteiger partial charge on any atom is -0.480 e. The van der Waals surface area contributed by atoms with Crippen molar-refractivity contribution >= 4 is 12.0 Å². The van der Waals surface area contributed by atoms with Crippen LogP contribution >= 0.6 is 0 Å². The van der Waals surface area contributed by atoms with Crippen LogP contribution in [0.3, 0.4) is 0 Å². The molecule has 112 valence electrons. The summed E-state index contributed by atoms with van der Waals surface area (Å²) in [7, 11) is 0. The number of aliphatic carboxylic acids is 1. The molecule has 0 bridgehead atoms. The van der Waals surface area contributed by atoms with Gasteiger partial charge in [-0.25, -0.2) is 9.59 Å². The van der Waals surface area contributed by atoms with Gasteiger partial charge in [0.2, 0.25) is 0 Å². The molecule has 0 radical (unpaired) electrons. The lowest BCUT2D eigenvalue weighted by atomic mass is 9.82. The largest absolute Gasteiger partial charge is 0.480 e. The number of carbonyl (C=O) groups is 2. The van der Waals surface area contributed by atoms with E-state index in [0.29, 0.717) is 18.3 Å². The van der Waals surface area contributed by atoms with E-state index >= 15 is 0 Å². The monoisotopic (exact) mass is 280 g/mol. The fourth-order valence-corrected chi connectivity index (χ4v) is 4.24. The van der Waals surface area contributed by atoms with Crippen molar-refractivity contribution < 1.29 is 14.7 Å². The maximum absolute atomic E-state index is 12.5. The Labute approximate surface area is 119 Å². The first kappa shape index (κ1) is 13.7. The number of nitrogens with one attached hydrogen (secondary N) is 1. The minimum absolute atomic E-state index is 0.141. The number of carbonyl (C=O) groups excluding carboxylic acids is 1. The Kier molecular flexibility index (Phi) is 3.61. The van der Waals surface area contributed by atoms with E-state index < -0.39 is 12.0 Å². The van der Waals surface area contributed by atoms with Gasteiger partial charge >= 0.3 is 12.0 Å². The highest BCUT2D eigenvalue weighted by Gasteiger charge is 2.48. The van der Waals surface area contributed by atoms with E-state index in [1.165, 1.54) is 6.42 Å². The molecule has 0 spiro atoms. The molecular weight excluding hydrogens is 256 g/mol. The molecule has 3 aliphatic rings. The Bertz CT molecular complexity index is 406. The van der Waals surface area contributed by atoms with Gasteiger partial charge in [0.25, 0.3) is 0 Å². The summed E-state index contributed by atoms with van der Waals surface area (Å²) in [6.45, 7) is 2.18. The Balaban J connectivity index is 1.69. The van der Waals surface area contributed by atoms with Crippen molar-refractivity contribution in [3.05, 3.63) is 0 Å². The molecule has 5 heteroatoms. The molecule has 3 unspecified atom stereocenters. The zero-order chi connectivity index (χ0) is 14.3.